The lowest BCUT2D eigenvalue weighted by atomic mass is 10.2. The smallest absolute Gasteiger partial charge is 0.216 e. The maximum Gasteiger partial charge on any atom is 0.216 e. The Labute approximate surface area is 147 Å². The molecule has 1 atom stereocenters. The Bertz CT molecular complexity index is 890. The Morgan fingerprint density at radius 1 is 1.08 bits per heavy atom. The van der Waals surface area contributed by atoms with Gasteiger partial charge in [-0.1, -0.05) is 37.3 Å². The number of nitrogens with zero attached hydrogens (tertiary/aromatic N) is 2. The van der Waals surface area contributed by atoms with Crippen LogP contribution in [-0.4, -0.2) is 23.4 Å². The van der Waals surface area contributed by atoms with Gasteiger partial charge in [0.2, 0.25) is 15.3 Å². The Balaban J connectivity index is 1.73. The molecule has 0 saturated carbocycles. The highest BCUT2D eigenvalue weighted by Gasteiger charge is 2.27. The van der Waals surface area contributed by atoms with Gasteiger partial charge in [0.1, 0.15) is 5.75 Å². The fourth-order valence-corrected chi connectivity index (χ4v) is 4.06. The minimum atomic E-state index is -3.54. The second-order valence-electron chi connectivity index (χ2n) is 5.69. The zero-order chi connectivity index (χ0) is 17.7. The summed E-state index contributed by atoms with van der Waals surface area (Å²) in [6, 6.07) is 15.9. The monoisotopic (exact) mass is 356 g/mol. The first-order valence-electron chi connectivity index (χ1n) is 8.10. The van der Waals surface area contributed by atoms with Gasteiger partial charge in [-0.05, 0) is 36.2 Å². The molecular weight excluding hydrogens is 336 g/mol. The van der Waals surface area contributed by atoms with Crippen molar-refractivity contribution < 1.29 is 13.2 Å². The van der Waals surface area contributed by atoms with Crippen LogP contribution in [-0.2, 0) is 16.4 Å². The van der Waals surface area contributed by atoms with E-state index in [1.54, 1.807) is 61.9 Å². The summed E-state index contributed by atoms with van der Waals surface area (Å²) in [7, 11) is -3.54. The molecule has 3 rings (SSSR count). The highest BCUT2D eigenvalue weighted by atomic mass is 32.2. The zero-order valence-electron chi connectivity index (χ0n) is 13.9. The average molecular weight is 356 g/mol. The molecule has 0 N–H and O–H groups in total. The predicted octanol–water partition coefficient (Wildman–Crippen LogP) is 3.52. The van der Waals surface area contributed by atoms with Gasteiger partial charge in [-0.15, -0.1) is 0 Å². The number of sulfone groups is 1. The highest BCUT2D eigenvalue weighted by molar-refractivity contribution is 7.92. The van der Waals surface area contributed by atoms with Crippen LogP contribution in [0.2, 0.25) is 0 Å². The number of benzene rings is 2. The molecule has 0 aliphatic carbocycles. The van der Waals surface area contributed by atoms with Crippen LogP contribution in [0.15, 0.2) is 78.2 Å². The number of aromatic nitrogens is 2. The van der Waals surface area contributed by atoms with E-state index in [0.29, 0.717) is 18.7 Å². The van der Waals surface area contributed by atoms with Gasteiger partial charge in [-0.2, -0.15) is 0 Å². The second-order valence-corrected chi connectivity index (χ2v) is 7.78. The third kappa shape index (κ3) is 4.09. The normalized spacial score (nSPS) is 12.7. The zero-order valence-corrected chi connectivity index (χ0v) is 14.8. The van der Waals surface area contributed by atoms with Crippen molar-refractivity contribution in [2.75, 3.05) is 0 Å². The van der Waals surface area contributed by atoms with Crippen molar-refractivity contribution >= 4 is 9.84 Å². The van der Waals surface area contributed by atoms with E-state index < -0.39 is 15.3 Å². The first-order valence-corrected chi connectivity index (χ1v) is 9.64. The largest absolute Gasteiger partial charge is 0.474 e. The van der Waals surface area contributed by atoms with Crippen molar-refractivity contribution in [2.45, 2.75) is 30.2 Å². The molecule has 1 aromatic heterocycles. The van der Waals surface area contributed by atoms with Crippen molar-refractivity contribution in [3.8, 4) is 5.75 Å². The van der Waals surface area contributed by atoms with Gasteiger partial charge in [0, 0.05) is 18.9 Å². The van der Waals surface area contributed by atoms with Crippen LogP contribution >= 0.6 is 0 Å². The van der Waals surface area contributed by atoms with E-state index >= 15 is 0 Å². The minimum absolute atomic E-state index is 0.276. The summed E-state index contributed by atoms with van der Waals surface area (Å²) in [5.41, 5.74) is 0.179. The molecule has 2 aromatic carbocycles. The molecule has 130 valence electrons. The number of hydrogen-bond donors (Lipinski definition) is 0. The van der Waals surface area contributed by atoms with Crippen molar-refractivity contribution in [3.63, 3.8) is 0 Å². The first kappa shape index (κ1) is 17.2. The van der Waals surface area contributed by atoms with E-state index in [0.717, 1.165) is 5.56 Å². The highest BCUT2D eigenvalue weighted by Crippen LogP contribution is 2.23. The summed E-state index contributed by atoms with van der Waals surface area (Å²) in [5.74, 6) is 0.542. The predicted molar refractivity (Wildman–Crippen MR) is 96.1 cm³/mol. The van der Waals surface area contributed by atoms with E-state index in [4.69, 9.17) is 4.74 Å². The standard InChI is InChI=1S/C19H20N2O3S/c1-2-19(25(22,23)18-6-4-3-5-7-18)24-17-10-8-16(9-11-17)14-21-13-12-20-15-21/h3-13,15,19H,2,14H2,1H3. The quantitative estimate of drug-likeness (QED) is 0.650. The molecule has 3 aromatic rings. The molecule has 0 saturated heterocycles. The van der Waals surface area contributed by atoms with E-state index in [1.165, 1.54) is 0 Å². The summed E-state index contributed by atoms with van der Waals surface area (Å²) in [6.07, 6.45) is 5.75. The van der Waals surface area contributed by atoms with Crippen LogP contribution in [0.3, 0.4) is 0 Å². The SMILES string of the molecule is CCC(Oc1ccc(Cn2ccnc2)cc1)S(=O)(=O)c1ccccc1. The van der Waals surface area contributed by atoms with Gasteiger partial charge < -0.3 is 9.30 Å². The Morgan fingerprint density at radius 2 is 1.80 bits per heavy atom. The third-order valence-corrected chi connectivity index (χ3v) is 5.92. The van der Waals surface area contributed by atoms with Gasteiger partial charge in [-0.25, -0.2) is 13.4 Å². The number of imidazole rings is 1. The number of ether oxygens (including phenoxy) is 1. The van der Waals surface area contributed by atoms with Gasteiger partial charge >= 0.3 is 0 Å². The van der Waals surface area contributed by atoms with Crippen molar-refractivity contribution in [1.29, 1.82) is 0 Å². The topological polar surface area (TPSA) is 61.2 Å². The van der Waals surface area contributed by atoms with Gasteiger partial charge in [0.15, 0.2) is 0 Å². The van der Waals surface area contributed by atoms with Crippen molar-refractivity contribution in [1.82, 2.24) is 9.55 Å². The second kappa shape index (κ2) is 7.53. The summed E-state index contributed by atoms with van der Waals surface area (Å²) in [6.45, 7) is 2.51. The molecule has 0 radical (unpaired) electrons. The van der Waals surface area contributed by atoms with Crippen LogP contribution in [0.4, 0.5) is 0 Å². The lowest BCUT2D eigenvalue weighted by molar-refractivity contribution is 0.269. The molecule has 1 unspecified atom stereocenters. The van der Waals surface area contributed by atoms with Crippen LogP contribution in [0.1, 0.15) is 18.9 Å². The first-order chi connectivity index (χ1) is 12.1. The lowest BCUT2D eigenvalue weighted by Gasteiger charge is -2.18. The Morgan fingerprint density at radius 3 is 2.40 bits per heavy atom. The molecule has 1 heterocycles. The van der Waals surface area contributed by atoms with Gasteiger partial charge in [0.05, 0.1) is 11.2 Å². The minimum Gasteiger partial charge on any atom is -0.474 e. The van der Waals surface area contributed by atoms with Gasteiger partial charge in [-0.3, -0.25) is 0 Å². The van der Waals surface area contributed by atoms with E-state index in [-0.39, 0.29) is 4.90 Å². The molecule has 0 fully saturated rings. The molecule has 0 spiro atoms. The molecule has 6 heteroatoms. The molecule has 5 nitrogen and oxygen atoms in total. The summed E-state index contributed by atoms with van der Waals surface area (Å²) in [4.78, 5) is 4.29. The van der Waals surface area contributed by atoms with Crippen molar-refractivity contribution in [3.05, 3.63) is 78.9 Å². The maximum atomic E-state index is 12.7. The van der Waals surface area contributed by atoms with Crippen LogP contribution < -0.4 is 4.74 Å². The van der Waals surface area contributed by atoms with Crippen LogP contribution in [0.5, 0.6) is 5.75 Å². The third-order valence-electron chi connectivity index (χ3n) is 3.87. The summed E-state index contributed by atoms with van der Waals surface area (Å²) < 4.78 is 33.2. The van der Waals surface area contributed by atoms with Gasteiger partial charge in [0.25, 0.3) is 0 Å². The maximum absolute atomic E-state index is 12.7. The lowest BCUT2D eigenvalue weighted by Crippen LogP contribution is -2.27. The van der Waals surface area contributed by atoms with E-state index in [9.17, 15) is 8.42 Å². The number of hydrogen-bond acceptors (Lipinski definition) is 4. The van der Waals surface area contributed by atoms with Crippen LogP contribution in [0, 0.1) is 0 Å². The molecule has 0 aliphatic rings. The average Bonchev–Trinajstić information content (AvgIpc) is 3.14. The molecule has 25 heavy (non-hydrogen) atoms. The fraction of sp³-hybridized carbons (Fsp3) is 0.211. The molecule has 0 bridgehead atoms. The van der Waals surface area contributed by atoms with E-state index in [2.05, 4.69) is 4.98 Å². The Hall–Kier alpha value is -2.60. The summed E-state index contributed by atoms with van der Waals surface area (Å²) >= 11 is 0. The van der Waals surface area contributed by atoms with Crippen LogP contribution in [0.25, 0.3) is 0 Å². The van der Waals surface area contributed by atoms with Crippen molar-refractivity contribution in [2.24, 2.45) is 0 Å². The molecule has 0 amide bonds. The number of rotatable bonds is 7. The fourth-order valence-electron chi connectivity index (χ4n) is 2.54. The Kier molecular flexibility index (Phi) is 5.19. The molecule has 0 aliphatic heterocycles. The molecular formula is C19H20N2O3S. The van der Waals surface area contributed by atoms with E-state index in [1.807, 2.05) is 22.9 Å². The summed E-state index contributed by atoms with van der Waals surface area (Å²) in [5, 5.41) is 0.